The third kappa shape index (κ3) is 3.54. The van der Waals surface area contributed by atoms with Crippen LogP contribution < -0.4 is 14.4 Å². The molecule has 0 radical (unpaired) electrons. The van der Waals surface area contributed by atoms with E-state index in [2.05, 4.69) is 4.98 Å². The first-order valence-corrected chi connectivity index (χ1v) is 11.8. The van der Waals surface area contributed by atoms with Crippen molar-refractivity contribution in [2.24, 2.45) is 0 Å². The summed E-state index contributed by atoms with van der Waals surface area (Å²) in [6.07, 6.45) is 0. The number of carbonyl (C=O) groups excluding carboxylic acids is 2. The van der Waals surface area contributed by atoms with Crippen LogP contribution in [0.15, 0.2) is 66.2 Å². The Balaban J connectivity index is 1.54. The van der Waals surface area contributed by atoms with E-state index in [1.165, 1.54) is 35.2 Å². The second kappa shape index (κ2) is 8.35. The van der Waals surface area contributed by atoms with E-state index >= 15 is 0 Å². The first kappa shape index (κ1) is 22.1. The zero-order valence-electron chi connectivity index (χ0n) is 18.5. The third-order valence-corrected chi connectivity index (χ3v) is 7.03. The molecule has 1 aromatic heterocycles. The van der Waals surface area contributed by atoms with E-state index in [1.54, 1.807) is 30.3 Å². The number of ether oxygens (including phenoxy) is 2. The molecule has 0 saturated carbocycles. The van der Waals surface area contributed by atoms with Gasteiger partial charge in [0.05, 0.1) is 21.8 Å². The maximum atomic E-state index is 13.8. The van der Waals surface area contributed by atoms with E-state index in [4.69, 9.17) is 9.47 Å². The van der Waals surface area contributed by atoms with Crippen LogP contribution in [0.5, 0.6) is 17.2 Å². The Morgan fingerprint density at radius 2 is 1.75 bits per heavy atom. The number of rotatable bonds is 3. The highest BCUT2D eigenvalue weighted by molar-refractivity contribution is 7.22. The monoisotopic (exact) mass is 504 g/mol. The number of phenols is 1. The van der Waals surface area contributed by atoms with Crippen LogP contribution >= 0.6 is 11.3 Å². The number of aliphatic hydroxyl groups is 1. The minimum absolute atomic E-state index is 0.00185. The second-order valence-electron chi connectivity index (χ2n) is 8.23. The van der Waals surface area contributed by atoms with Crippen molar-refractivity contribution in [3.05, 3.63) is 83.2 Å². The van der Waals surface area contributed by atoms with Gasteiger partial charge in [-0.15, -0.1) is 0 Å². The topological polar surface area (TPSA) is 109 Å². The average molecular weight is 504 g/mol. The molecule has 0 spiro atoms. The summed E-state index contributed by atoms with van der Waals surface area (Å²) in [6, 6.07) is 13.7. The van der Waals surface area contributed by atoms with Crippen molar-refractivity contribution in [3.63, 3.8) is 0 Å². The molecule has 3 aromatic carbocycles. The number of thiazole rings is 1. The van der Waals surface area contributed by atoms with Crippen molar-refractivity contribution >= 4 is 44.1 Å². The lowest BCUT2D eigenvalue weighted by atomic mass is 9.95. The molecule has 2 aliphatic rings. The Hall–Kier alpha value is -4.44. The number of benzene rings is 3. The predicted octanol–water partition coefficient (Wildman–Crippen LogP) is 4.54. The number of ketones is 1. The van der Waals surface area contributed by atoms with Gasteiger partial charge in [-0.2, -0.15) is 0 Å². The van der Waals surface area contributed by atoms with Gasteiger partial charge in [-0.25, -0.2) is 9.37 Å². The number of nitrogens with zero attached hydrogens (tertiary/aromatic N) is 2. The number of amides is 1. The molecule has 2 aliphatic heterocycles. The van der Waals surface area contributed by atoms with Gasteiger partial charge in [0, 0.05) is 5.56 Å². The van der Waals surface area contributed by atoms with E-state index in [9.17, 15) is 24.2 Å². The Morgan fingerprint density at radius 3 is 2.53 bits per heavy atom. The van der Waals surface area contributed by atoms with Gasteiger partial charge in [0.2, 0.25) is 0 Å². The molecule has 36 heavy (non-hydrogen) atoms. The Labute approximate surface area is 207 Å². The fraction of sp³-hybridized carbons (Fsp3) is 0.115. The zero-order chi connectivity index (χ0) is 25.0. The smallest absolute Gasteiger partial charge is 0.301 e. The van der Waals surface area contributed by atoms with Crippen LogP contribution in [0.25, 0.3) is 16.0 Å². The first-order chi connectivity index (χ1) is 17.4. The molecule has 4 aromatic rings. The fourth-order valence-electron chi connectivity index (χ4n) is 4.34. The summed E-state index contributed by atoms with van der Waals surface area (Å²) < 4.78 is 25.4. The molecule has 8 nitrogen and oxygen atoms in total. The molecule has 6 rings (SSSR count). The van der Waals surface area contributed by atoms with Crippen LogP contribution in [0.2, 0.25) is 0 Å². The van der Waals surface area contributed by atoms with Crippen molar-refractivity contribution in [1.82, 2.24) is 4.98 Å². The van der Waals surface area contributed by atoms with Crippen molar-refractivity contribution in [3.8, 4) is 17.2 Å². The molecule has 1 amide bonds. The molecular weight excluding hydrogens is 487 g/mol. The molecule has 1 atom stereocenters. The minimum atomic E-state index is -1.04. The van der Waals surface area contributed by atoms with Gasteiger partial charge in [0.25, 0.3) is 5.78 Å². The highest BCUT2D eigenvalue weighted by Gasteiger charge is 2.48. The number of aromatic nitrogens is 1. The predicted molar refractivity (Wildman–Crippen MR) is 130 cm³/mol. The molecule has 1 fully saturated rings. The van der Waals surface area contributed by atoms with E-state index in [1.807, 2.05) is 0 Å². The largest absolute Gasteiger partial charge is 0.508 e. The molecular formula is C26H17FN2O6S. The highest BCUT2D eigenvalue weighted by atomic mass is 32.1. The number of anilines is 1. The van der Waals surface area contributed by atoms with Crippen molar-refractivity contribution < 1.29 is 33.7 Å². The van der Waals surface area contributed by atoms with E-state index in [0.29, 0.717) is 40.5 Å². The average Bonchev–Trinajstić information content (AvgIpc) is 3.41. The van der Waals surface area contributed by atoms with Gasteiger partial charge >= 0.3 is 5.91 Å². The summed E-state index contributed by atoms with van der Waals surface area (Å²) >= 11 is 1.06. The van der Waals surface area contributed by atoms with Gasteiger partial charge in [-0.1, -0.05) is 23.5 Å². The molecule has 1 saturated heterocycles. The molecule has 1 unspecified atom stereocenters. The van der Waals surface area contributed by atoms with Crippen molar-refractivity contribution in [2.45, 2.75) is 6.04 Å². The fourth-order valence-corrected chi connectivity index (χ4v) is 5.35. The molecule has 0 aliphatic carbocycles. The summed E-state index contributed by atoms with van der Waals surface area (Å²) in [7, 11) is 0. The first-order valence-electron chi connectivity index (χ1n) is 11.0. The van der Waals surface area contributed by atoms with E-state index in [-0.39, 0.29) is 22.0 Å². The minimum Gasteiger partial charge on any atom is -0.508 e. The van der Waals surface area contributed by atoms with E-state index < -0.39 is 29.3 Å². The van der Waals surface area contributed by atoms with Crippen LogP contribution in [0.3, 0.4) is 0 Å². The molecule has 10 heteroatoms. The summed E-state index contributed by atoms with van der Waals surface area (Å²) in [4.78, 5) is 32.3. The molecule has 180 valence electrons. The highest BCUT2D eigenvalue weighted by Crippen LogP contribution is 2.45. The van der Waals surface area contributed by atoms with Crippen LogP contribution in [-0.4, -0.2) is 40.1 Å². The molecule has 2 N–H and O–H groups in total. The maximum Gasteiger partial charge on any atom is 0.301 e. The Kier molecular flexibility index (Phi) is 5.11. The van der Waals surface area contributed by atoms with Crippen LogP contribution in [-0.2, 0) is 9.59 Å². The van der Waals surface area contributed by atoms with E-state index in [0.717, 1.165) is 11.3 Å². The Bertz CT molecular complexity index is 1580. The number of hydrogen-bond donors (Lipinski definition) is 2. The number of aromatic hydroxyl groups is 1. The summed E-state index contributed by atoms with van der Waals surface area (Å²) in [5.74, 6) is -1.70. The van der Waals surface area contributed by atoms with Crippen LogP contribution in [0, 0.1) is 5.82 Å². The zero-order valence-corrected chi connectivity index (χ0v) is 19.3. The second-order valence-corrected chi connectivity index (χ2v) is 9.24. The summed E-state index contributed by atoms with van der Waals surface area (Å²) in [6.45, 7) is 0.740. The van der Waals surface area contributed by atoms with Gasteiger partial charge < -0.3 is 19.7 Å². The molecule has 0 bridgehead atoms. The lowest BCUT2D eigenvalue weighted by molar-refractivity contribution is -0.132. The number of fused-ring (bicyclic) bond motifs is 2. The number of Topliss-reactive ketones (excluding diaryl/α,β-unsaturated/α-hetero) is 1. The van der Waals surface area contributed by atoms with Gasteiger partial charge in [-0.05, 0) is 54.1 Å². The van der Waals surface area contributed by atoms with Gasteiger partial charge in [-0.3, -0.25) is 14.5 Å². The number of halogens is 1. The van der Waals surface area contributed by atoms with Crippen LogP contribution in [0.4, 0.5) is 9.52 Å². The summed E-state index contributed by atoms with van der Waals surface area (Å²) in [5, 5.41) is 21.3. The summed E-state index contributed by atoms with van der Waals surface area (Å²) in [5.41, 5.74) is 1.06. The van der Waals surface area contributed by atoms with Gasteiger partial charge in [0.15, 0.2) is 16.6 Å². The quantitative estimate of drug-likeness (QED) is 0.240. The maximum absolute atomic E-state index is 13.8. The third-order valence-electron chi connectivity index (χ3n) is 6.01. The van der Waals surface area contributed by atoms with Crippen molar-refractivity contribution in [1.29, 1.82) is 0 Å². The number of aliphatic hydroxyl groups excluding tert-OH is 1. The van der Waals surface area contributed by atoms with Crippen molar-refractivity contribution in [2.75, 3.05) is 18.1 Å². The number of phenolic OH excluding ortho intramolecular Hbond substituents is 1. The lowest BCUT2D eigenvalue weighted by Crippen LogP contribution is -2.29. The SMILES string of the molecule is O=C1C(=O)N(c2nc3ccc(F)cc3s2)C(c2ccc(O)cc2)/C1=C(\O)c1ccc2c(c1)OCCO2. The normalized spacial score (nSPS) is 18.7. The van der Waals surface area contributed by atoms with Crippen LogP contribution in [0.1, 0.15) is 17.2 Å². The Morgan fingerprint density at radius 1 is 1.00 bits per heavy atom. The van der Waals surface area contributed by atoms with Gasteiger partial charge in [0.1, 0.15) is 30.5 Å². The lowest BCUT2D eigenvalue weighted by Gasteiger charge is -2.23. The number of carbonyl (C=O) groups is 2. The number of hydrogen-bond acceptors (Lipinski definition) is 8. The standard InChI is InChI=1S/C26H17FN2O6S/c27-15-4-7-17-20(12-15)36-26(28-17)29-22(13-1-5-16(30)6-2-13)21(24(32)25(29)33)23(31)14-3-8-18-19(11-14)35-10-9-34-18/h1-8,11-12,22,30-31H,9-10H2/b23-21+. The molecule has 3 heterocycles.